The van der Waals surface area contributed by atoms with E-state index in [1.54, 1.807) is 0 Å². The molecule has 1 aliphatic rings. The molecule has 2 heteroatoms. The molecule has 0 atom stereocenters. The first-order chi connectivity index (χ1) is 7.72. The van der Waals surface area contributed by atoms with E-state index in [0.29, 0.717) is 0 Å². The smallest absolute Gasteiger partial charge is 0.131 e. The number of rotatable bonds is 0. The molecular formula is C14H11BrO. The van der Waals surface area contributed by atoms with E-state index in [1.165, 1.54) is 16.7 Å². The Kier molecular flexibility index (Phi) is 2.25. The highest BCUT2D eigenvalue weighted by Crippen LogP contribution is 2.37. The molecule has 0 unspecified atom stereocenters. The summed E-state index contributed by atoms with van der Waals surface area (Å²) in [5.74, 6) is 1.96. The van der Waals surface area contributed by atoms with Gasteiger partial charge in [-0.05, 0) is 36.8 Å². The van der Waals surface area contributed by atoms with Crippen LogP contribution >= 0.6 is 15.9 Å². The van der Waals surface area contributed by atoms with Crippen LogP contribution in [0.1, 0.15) is 16.7 Å². The fourth-order valence-corrected chi connectivity index (χ4v) is 2.46. The van der Waals surface area contributed by atoms with Gasteiger partial charge in [0.2, 0.25) is 0 Å². The van der Waals surface area contributed by atoms with Crippen LogP contribution in [0.4, 0.5) is 0 Å². The first kappa shape index (κ1) is 9.91. The molecule has 0 aliphatic carbocycles. The molecule has 1 aliphatic heterocycles. The second kappa shape index (κ2) is 3.63. The largest absolute Gasteiger partial charge is 0.457 e. The molecule has 3 rings (SSSR count). The van der Waals surface area contributed by atoms with Crippen molar-refractivity contribution < 1.29 is 4.74 Å². The Balaban J connectivity index is 2.10. The van der Waals surface area contributed by atoms with Crippen molar-refractivity contribution in [1.29, 1.82) is 0 Å². The van der Waals surface area contributed by atoms with Gasteiger partial charge in [0, 0.05) is 16.5 Å². The summed E-state index contributed by atoms with van der Waals surface area (Å²) in [6.45, 7) is 2.11. The zero-order valence-electron chi connectivity index (χ0n) is 8.96. The summed E-state index contributed by atoms with van der Waals surface area (Å²) in [5, 5.41) is 0. The first-order valence-electron chi connectivity index (χ1n) is 5.28. The van der Waals surface area contributed by atoms with Crippen molar-refractivity contribution in [2.45, 2.75) is 13.3 Å². The van der Waals surface area contributed by atoms with Crippen molar-refractivity contribution in [2.24, 2.45) is 0 Å². The van der Waals surface area contributed by atoms with Crippen molar-refractivity contribution in [3.8, 4) is 11.5 Å². The van der Waals surface area contributed by atoms with Crippen molar-refractivity contribution in [1.82, 2.24) is 0 Å². The zero-order valence-corrected chi connectivity index (χ0v) is 10.5. The summed E-state index contributed by atoms with van der Waals surface area (Å²) in [4.78, 5) is 0. The van der Waals surface area contributed by atoms with Crippen LogP contribution in [0.25, 0.3) is 0 Å². The standard InChI is InChI=1S/C14H11BrO/c1-9-2-4-13-10(6-9)7-11-8-12(15)3-5-14(11)16-13/h2-6,8H,7H2,1H3. The number of hydrogen-bond donors (Lipinski definition) is 0. The monoisotopic (exact) mass is 274 g/mol. The predicted octanol–water partition coefficient (Wildman–Crippen LogP) is 4.45. The maximum absolute atomic E-state index is 5.87. The van der Waals surface area contributed by atoms with Crippen molar-refractivity contribution in [3.05, 3.63) is 57.6 Å². The average molecular weight is 275 g/mol. The molecule has 0 saturated carbocycles. The number of benzene rings is 2. The number of fused-ring (bicyclic) bond motifs is 2. The zero-order chi connectivity index (χ0) is 11.1. The Bertz CT molecular complexity index is 511. The topological polar surface area (TPSA) is 9.23 Å². The van der Waals surface area contributed by atoms with Crippen LogP contribution in [-0.2, 0) is 6.42 Å². The van der Waals surface area contributed by atoms with Crippen molar-refractivity contribution in [2.75, 3.05) is 0 Å². The average Bonchev–Trinajstić information content (AvgIpc) is 2.26. The highest BCUT2D eigenvalue weighted by atomic mass is 79.9. The molecule has 16 heavy (non-hydrogen) atoms. The van der Waals surface area contributed by atoms with Gasteiger partial charge < -0.3 is 4.74 Å². The molecule has 0 bridgehead atoms. The molecule has 0 fully saturated rings. The minimum Gasteiger partial charge on any atom is -0.457 e. The molecule has 0 aromatic heterocycles. The second-order valence-corrected chi connectivity index (χ2v) is 5.06. The number of hydrogen-bond acceptors (Lipinski definition) is 1. The Morgan fingerprint density at radius 3 is 2.50 bits per heavy atom. The quantitative estimate of drug-likeness (QED) is 0.588. The summed E-state index contributed by atoms with van der Waals surface area (Å²) in [6, 6.07) is 12.5. The van der Waals surface area contributed by atoms with Crippen LogP contribution in [0.2, 0.25) is 0 Å². The van der Waals surface area contributed by atoms with E-state index in [-0.39, 0.29) is 0 Å². The molecule has 1 nitrogen and oxygen atoms in total. The normalized spacial score (nSPS) is 12.6. The van der Waals surface area contributed by atoms with Gasteiger partial charge in [0.05, 0.1) is 0 Å². The molecular weight excluding hydrogens is 264 g/mol. The van der Waals surface area contributed by atoms with E-state index < -0.39 is 0 Å². The van der Waals surface area contributed by atoms with E-state index in [0.717, 1.165) is 22.4 Å². The van der Waals surface area contributed by atoms with E-state index in [1.807, 2.05) is 12.1 Å². The maximum atomic E-state index is 5.87. The summed E-state index contributed by atoms with van der Waals surface area (Å²) in [5.41, 5.74) is 3.79. The Morgan fingerprint density at radius 2 is 1.69 bits per heavy atom. The van der Waals surface area contributed by atoms with E-state index >= 15 is 0 Å². The lowest BCUT2D eigenvalue weighted by Crippen LogP contribution is -2.03. The van der Waals surface area contributed by atoms with Crippen LogP contribution in [0, 0.1) is 6.92 Å². The SMILES string of the molecule is Cc1ccc2c(c1)Cc1cc(Br)ccc1O2. The lowest BCUT2D eigenvalue weighted by atomic mass is 9.99. The molecule has 0 N–H and O–H groups in total. The fraction of sp³-hybridized carbons (Fsp3) is 0.143. The van der Waals surface area contributed by atoms with Gasteiger partial charge in [-0.15, -0.1) is 0 Å². The Hall–Kier alpha value is -1.28. The summed E-state index contributed by atoms with van der Waals surface area (Å²) in [6.07, 6.45) is 0.950. The van der Waals surface area contributed by atoms with Gasteiger partial charge in [-0.2, -0.15) is 0 Å². The summed E-state index contributed by atoms with van der Waals surface area (Å²) >= 11 is 3.49. The third-order valence-corrected chi connectivity index (χ3v) is 3.33. The fourth-order valence-electron chi connectivity index (χ4n) is 2.06. The number of halogens is 1. The maximum Gasteiger partial charge on any atom is 0.131 e. The van der Waals surface area contributed by atoms with Gasteiger partial charge in [0.1, 0.15) is 11.5 Å². The molecule has 80 valence electrons. The van der Waals surface area contributed by atoms with Gasteiger partial charge in [-0.3, -0.25) is 0 Å². The van der Waals surface area contributed by atoms with E-state index in [9.17, 15) is 0 Å². The molecule has 1 heterocycles. The second-order valence-electron chi connectivity index (χ2n) is 4.14. The molecule has 0 amide bonds. The first-order valence-corrected chi connectivity index (χ1v) is 6.07. The molecule has 2 aromatic carbocycles. The van der Waals surface area contributed by atoms with Crippen LogP contribution in [-0.4, -0.2) is 0 Å². The lowest BCUT2D eigenvalue weighted by molar-refractivity contribution is 0.459. The van der Waals surface area contributed by atoms with Gasteiger partial charge in [-0.1, -0.05) is 33.6 Å². The van der Waals surface area contributed by atoms with Gasteiger partial charge in [0.15, 0.2) is 0 Å². The summed E-state index contributed by atoms with van der Waals surface area (Å²) in [7, 11) is 0. The van der Waals surface area contributed by atoms with Crippen LogP contribution < -0.4 is 4.74 Å². The number of ether oxygens (including phenoxy) is 1. The van der Waals surface area contributed by atoms with Gasteiger partial charge in [-0.25, -0.2) is 0 Å². The van der Waals surface area contributed by atoms with Crippen LogP contribution in [0.5, 0.6) is 11.5 Å². The molecule has 0 spiro atoms. The van der Waals surface area contributed by atoms with E-state index in [2.05, 4.69) is 47.1 Å². The van der Waals surface area contributed by atoms with Crippen LogP contribution in [0.15, 0.2) is 40.9 Å². The predicted molar refractivity (Wildman–Crippen MR) is 68.2 cm³/mol. The molecule has 0 radical (unpaired) electrons. The minimum absolute atomic E-state index is 0.950. The Morgan fingerprint density at radius 1 is 1.00 bits per heavy atom. The van der Waals surface area contributed by atoms with Gasteiger partial charge >= 0.3 is 0 Å². The highest BCUT2D eigenvalue weighted by Gasteiger charge is 2.16. The van der Waals surface area contributed by atoms with E-state index in [4.69, 9.17) is 4.74 Å². The number of aryl methyl sites for hydroxylation is 1. The van der Waals surface area contributed by atoms with Crippen molar-refractivity contribution >= 4 is 15.9 Å². The third kappa shape index (κ3) is 1.63. The van der Waals surface area contributed by atoms with Gasteiger partial charge in [0.25, 0.3) is 0 Å². The Labute approximate surface area is 103 Å². The third-order valence-electron chi connectivity index (χ3n) is 2.84. The van der Waals surface area contributed by atoms with Crippen LogP contribution in [0.3, 0.4) is 0 Å². The molecule has 2 aromatic rings. The highest BCUT2D eigenvalue weighted by molar-refractivity contribution is 9.10. The summed E-state index contributed by atoms with van der Waals surface area (Å²) < 4.78 is 6.97. The van der Waals surface area contributed by atoms with Crippen molar-refractivity contribution in [3.63, 3.8) is 0 Å². The minimum atomic E-state index is 0.950. The molecule has 0 saturated heterocycles. The lowest BCUT2D eigenvalue weighted by Gasteiger charge is -2.20.